The first-order valence-electron chi connectivity index (χ1n) is 6.79. The van der Waals surface area contributed by atoms with E-state index in [1.165, 1.54) is 0 Å². The number of carbonyl (C=O) groups excluding carboxylic acids is 1. The Morgan fingerprint density at radius 3 is 2.90 bits per heavy atom. The zero-order chi connectivity index (χ0) is 15.6. The molecule has 2 atom stereocenters. The predicted molar refractivity (Wildman–Crippen MR) is 83.0 cm³/mol. The van der Waals surface area contributed by atoms with Gasteiger partial charge in [-0.3, -0.25) is 4.79 Å². The maximum absolute atomic E-state index is 12.0. The molecule has 2 rings (SSSR count). The molecule has 1 amide bonds. The first-order valence-corrected chi connectivity index (χ1v) is 9.23. The number of rotatable bonds is 5. The molecule has 1 aromatic carbocycles. The van der Waals surface area contributed by atoms with Crippen molar-refractivity contribution in [1.82, 2.24) is 5.32 Å². The van der Waals surface area contributed by atoms with Crippen molar-refractivity contribution in [3.8, 4) is 0 Å². The van der Waals surface area contributed by atoms with E-state index in [0.717, 1.165) is 30.2 Å². The van der Waals surface area contributed by atoms with Crippen LogP contribution in [0, 0.1) is 0 Å². The number of halogens is 1. The molecular formula is C14H19ClN2O3S. The molecule has 0 aliphatic heterocycles. The highest BCUT2D eigenvalue weighted by molar-refractivity contribution is 7.90. The summed E-state index contributed by atoms with van der Waals surface area (Å²) >= 11 is 6.13. The predicted octanol–water partition coefficient (Wildman–Crippen LogP) is 1.21. The summed E-state index contributed by atoms with van der Waals surface area (Å²) in [6.07, 6.45) is 2.86. The van der Waals surface area contributed by atoms with Crippen LogP contribution in [0.15, 0.2) is 18.2 Å². The van der Waals surface area contributed by atoms with Crippen LogP contribution in [0.1, 0.15) is 30.0 Å². The van der Waals surface area contributed by atoms with E-state index in [1.807, 2.05) is 18.2 Å². The van der Waals surface area contributed by atoms with Crippen LogP contribution in [0.4, 0.5) is 0 Å². The molecule has 0 fully saturated rings. The van der Waals surface area contributed by atoms with Gasteiger partial charge in [-0.05, 0) is 36.5 Å². The second-order valence-electron chi connectivity index (χ2n) is 5.43. The zero-order valence-corrected chi connectivity index (χ0v) is 13.4. The van der Waals surface area contributed by atoms with Gasteiger partial charge in [-0.15, -0.1) is 0 Å². The van der Waals surface area contributed by atoms with E-state index in [1.54, 1.807) is 0 Å². The van der Waals surface area contributed by atoms with Gasteiger partial charge in [0.25, 0.3) is 0 Å². The molecule has 7 heteroatoms. The second-order valence-corrected chi connectivity index (χ2v) is 8.10. The average Bonchev–Trinajstić information content (AvgIpc) is 2.80. The molecule has 2 unspecified atom stereocenters. The number of carbonyl (C=O) groups is 1. The molecule has 5 nitrogen and oxygen atoms in total. The van der Waals surface area contributed by atoms with Crippen molar-refractivity contribution in [2.24, 2.45) is 5.73 Å². The van der Waals surface area contributed by atoms with Crippen LogP contribution in [0.5, 0.6) is 0 Å². The third-order valence-electron chi connectivity index (χ3n) is 3.67. The van der Waals surface area contributed by atoms with E-state index in [0.29, 0.717) is 5.02 Å². The third kappa shape index (κ3) is 4.18. The number of sulfone groups is 1. The summed E-state index contributed by atoms with van der Waals surface area (Å²) in [5.41, 5.74) is 7.83. The van der Waals surface area contributed by atoms with Crippen molar-refractivity contribution in [3.05, 3.63) is 34.3 Å². The summed E-state index contributed by atoms with van der Waals surface area (Å²) in [5, 5.41) is 3.59. The quantitative estimate of drug-likeness (QED) is 0.849. The lowest BCUT2D eigenvalue weighted by Crippen LogP contribution is -2.42. The van der Waals surface area contributed by atoms with Crippen LogP contribution in [0.3, 0.4) is 0 Å². The number of benzene rings is 1. The molecule has 0 saturated heterocycles. The molecule has 1 aliphatic carbocycles. The molecule has 0 spiro atoms. The minimum Gasteiger partial charge on any atom is -0.348 e. The summed E-state index contributed by atoms with van der Waals surface area (Å²) in [6, 6.07) is 4.72. The number of hydrogen-bond donors (Lipinski definition) is 2. The standard InChI is InChI=1S/C14H19ClN2O3S/c1-21(19,20)8-7-12(16)14(18)17-13-6-5-9-10(13)3-2-4-11(9)15/h2-4,12-13H,5-8,16H2,1H3,(H,17,18). The molecule has 0 heterocycles. The Hall–Kier alpha value is -1.11. The number of hydrogen-bond acceptors (Lipinski definition) is 4. The van der Waals surface area contributed by atoms with Crippen molar-refractivity contribution in [2.45, 2.75) is 31.3 Å². The van der Waals surface area contributed by atoms with Crippen molar-refractivity contribution >= 4 is 27.3 Å². The zero-order valence-electron chi connectivity index (χ0n) is 11.8. The van der Waals surface area contributed by atoms with Crippen molar-refractivity contribution < 1.29 is 13.2 Å². The van der Waals surface area contributed by atoms with Gasteiger partial charge in [0.2, 0.25) is 5.91 Å². The summed E-state index contributed by atoms with van der Waals surface area (Å²) in [4.78, 5) is 12.0. The van der Waals surface area contributed by atoms with Gasteiger partial charge in [0.05, 0.1) is 17.8 Å². The van der Waals surface area contributed by atoms with Crippen LogP contribution >= 0.6 is 11.6 Å². The molecular weight excluding hydrogens is 312 g/mol. The van der Waals surface area contributed by atoms with Gasteiger partial charge in [0, 0.05) is 11.3 Å². The largest absolute Gasteiger partial charge is 0.348 e. The Labute approximate surface area is 129 Å². The lowest BCUT2D eigenvalue weighted by Gasteiger charge is -2.17. The van der Waals surface area contributed by atoms with Gasteiger partial charge in [0.1, 0.15) is 9.84 Å². The van der Waals surface area contributed by atoms with E-state index in [9.17, 15) is 13.2 Å². The molecule has 1 aliphatic rings. The van der Waals surface area contributed by atoms with Gasteiger partial charge < -0.3 is 11.1 Å². The highest BCUT2D eigenvalue weighted by Crippen LogP contribution is 2.35. The second kappa shape index (κ2) is 6.34. The van der Waals surface area contributed by atoms with Gasteiger partial charge in [-0.1, -0.05) is 23.7 Å². The van der Waals surface area contributed by atoms with E-state index in [4.69, 9.17) is 17.3 Å². The lowest BCUT2D eigenvalue weighted by atomic mass is 10.1. The Morgan fingerprint density at radius 1 is 1.52 bits per heavy atom. The van der Waals surface area contributed by atoms with Crippen molar-refractivity contribution in [2.75, 3.05) is 12.0 Å². The summed E-state index contributed by atoms with van der Waals surface area (Å²) < 4.78 is 22.2. The SMILES string of the molecule is CS(=O)(=O)CCC(N)C(=O)NC1CCc2c(Cl)cccc21. The molecule has 21 heavy (non-hydrogen) atoms. The summed E-state index contributed by atoms with van der Waals surface area (Å²) in [7, 11) is -3.11. The minimum absolute atomic E-state index is 0.0886. The van der Waals surface area contributed by atoms with Crippen LogP contribution in [-0.2, 0) is 21.1 Å². The maximum atomic E-state index is 12.0. The van der Waals surface area contributed by atoms with Gasteiger partial charge in [0.15, 0.2) is 0 Å². The molecule has 0 bridgehead atoms. The fourth-order valence-corrected chi connectivity index (χ4v) is 3.47. The fourth-order valence-electron chi connectivity index (χ4n) is 2.51. The van der Waals surface area contributed by atoms with Gasteiger partial charge in [-0.25, -0.2) is 8.42 Å². The highest BCUT2D eigenvalue weighted by atomic mass is 35.5. The molecule has 3 N–H and O–H groups in total. The number of amides is 1. The first-order chi connectivity index (χ1) is 9.78. The molecule has 1 aromatic rings. The summed E-state index contributed by atoms with van der Waals surface area (Å²) in [5.74, 6) is -0.411. The fraction of sp³-hybridized carbons (Fsp3) is 0.500. The smallest absolute Gasteiger partial charge is 0.237 e. The molecule has 116 valence electrons. The highest BCUT2D eigenvalue weighted by Gasteiger charge is 2.27. The molecule has 0 saturated carbocycles. The van der Waals surface area contributed by atoms with Gasteiger partial charge in [-0.2, -0.15) is 0 Å². The Balaban J connectivity index is 1.98. The van der Waals surface area contributed by atoms with Crippen LogP contribution in [0.25, 0.3) is 0 Å². The lowest BCUT2D eigenvalue weighted by molar-refractivity contribution is -0.123. The van der Waals surface area contributed by atoms with E-state index in [-0.39, 0.29) is 24.1 Å². The number of fused-ring (bicyclic) bond motifs is 1. The summed E-state index contributed by atoms with van der Waals surface area (Å²) in [6.45, 7) is 0. The molecule has 0 radical (unpaired) electrons. The number of nitrogens with two attached hydrogens (primary N) is 1. The maximum Gasteiger partial charge on any atom is 0.237 e. The average molecular weight is 331 g/mol. The van der Waals surface area contributed by atoms with E-state index in [2.05, 4.69) is 5.32 Å². The Bertz CT molecular complexity index is 646. The number of nitrogens with one attached hydrogen (secondary N) is 1. The van der Waals surface area contributed by atoms with Crippen molar-refractivity contribution in [1.29, 1.82) is 0 Å². The minimum atomic E-state index is -3.11. The topological polar surface area (TPSA) is 89.3 Å². The van der Waals surface area contributed by atoms with Crippen LogP contribution in [-0.4, -0.2) is 32.4 Å². The van der Waals surface area contributed by atoms with E-state index < -0.39 is 15.9 Å². The monoisotopic (exact) mass is 330 g/mol. The van der Waals surface area contributed by atoms with Gasteiger partial charge >= 0.3 is 0 Å². The third-order valence-corrected chi connectivity index (χ3v) is 5.00. The molecule has 0 aromatic heterocycles. The Morgan fingerprint density at radius 2 is 2.24 bits per heavy atom. The first kappa shape index (κ1) is 16.3. The normalized spacial score (nSPS) is 19.1. The van der Waals surface area contributed by atoms with E-state index >= 15 is 0 Å². The Kier molecular flexibility index (Phi) is 4.91. The van der Waals surface area contributed by atoms with Crippen LogP contribution < -0.4 is 11.1 Å². The van der Waals surface area contributed by atoms with Crippen LogP contribution in [0.2, 0.25) is 5.02 Å². The van der Waals surface area contributed by atoms with Crippen molar-refractivity contribution in [3.63, 3.8) is 0 Å².